The molecule has 112 valence electrons. The quantitative estimate of drug-likeness (QED) is 0.864. The van der Waals surface area contributed by atoms with E-state index in [1.54, 1.807) is 19.2 Å². The average molecular weight is 304 g/mol. The van der Waals surface area contributed by atoms with Gasteiger partial charge in [-0.2, -0.15) is 4.31 Å². The molecule has 0 bridgehead atoms. The van der Waals surface area contributed by atoms with Crippen LogP contribution in [0.3, 0.4) is 0 Å². The van der Waals surface area contributed by atoms with Crippen LogP contribution < -0.4 is 5.73 Å². The van der Waals surface area contributed by atoms with E-state index in [0.717, 1.165) is 11.1 Å². The lowest BCUT2D eigenvalue weighted by atomic mass is 10.1. The number of nitrogen functional groups attached to an aromatic ring is 1. The smallest absolute Gasteiger partial charge is 0.218 e. The number of nitrogens with two attached hydrogens (primary N) is 1. The summed E-state index contributed by atoms with van der Waals surface area (Å²) in [4.78, 5) is 0. The Kier molecular flexibility index (Phi) is 4.65. The molecule has 0 saturated carbocycles. The first-order chi connectivity index (χ1) is 9.90. The lowest BCUT2D eigenvalue weighted by molar-refractivity contribution is 0.398. The fraction of sp³-hybridized carbons (Fsp3) is 0.250. The van der Waals surface area contributed by atoms with Crippen LogP contribution in [0, 0.1) is 0 Å². The normalized spacial score (nSPS) is 13.3. The van der Waals surface area contributed by atoms with Crippen LogP contribution >= 0.6 is 0 Å². The number of hydrogen-bond donors (Lipinski definition) is 1. The molecule has 0 amide bonds. The number of sulfonamides is 1. The summed E-state index contributed by atoms with van der Waals surface area (Å²) in [7, 11) is -1.78. The first-order valence-corrected chi connectivity index (χ1v) is 8.36. The van der Waals surface area contributed by atoms with Crippen LogP contribution in [-0.4, -0.2) is 19.8 Å². The second-order valence-electron chi connectivity index (χ2n) is 5.10. The van der Waals surface area contributed by atoms with E-state index in [4.69, 9.17) is 5.73 Å². The Morgan fingerprint density at radius 3 is 2.38 bits per heavy atom. The van der Waals surface area contributed by atoms with E-state index in [9.17, 15) is 8.42 Å². The van der Waals surface area contributed by atoms with Gasteiger partial charge in [-0.1, -0.05) is 42.5 Å². The molecule has 4 nitrogen and oxygen atoms in total. The largest absolute Gasteiger partial charge is 0.399 e. The highest BCUT2D eigenvalue weighted by Crippen LogP contribution is 2.24. The second kappa shape index (κ2) is 6.28. The third-order valence-electron chi connectivity index (χ3n) is 3.57. The molecule has 1 atom stereocenters. The van der Waals surface area contributed by atoms with Gasteiger partial charge < -0.3 is 5.73 Å². The third kappa shape index (κ3) is 3.83. The van der Waals surface area contributed by atoms with Crippen LogP contribution in [0.4, 0.5) is 5.69 Å². The van der Waals surface area contributed by atoms with Gasteiger partial charge in [0.2, 0.25) is 10.0 Å². The number of nitrogens with zero attached hydrogens (tertiary/aromatic N) is 1. The molecule has 1 unspecified atom stereocenters. The van der Waals surface area contributed by atoms with Crippen LogP contribution in [0.15, 0.2) is 54.6 Å². The minimum atomic E-state index is -3.38. The van der Waals surface area contributed by atoms with Crippen LogP contribution in [0.5, 0.6) is 0 Å². The minimum absolute atomic E-state index is 0.00298. The lowest BCUT2D eigenvalue weighted by Gasteiger charge is -2.25. The van der Waals surface area contributed by atoms with Crippen molar-refractivity contribution >= 4 is 15.7 Å². The molecule has 5 heteroatoms. The van der Waals surface area contributed by atoms with Gasteiger partial charge in [0.1, 0.15) is 0 Å². The van der Waals surface area contributed by atoms with Gasteiger partial charge in [0.25, 0.3) is 0 Å². The van der Waals surface area contributed by atoms with Crippen LogP contribution in [-0.2, 0) is 15.8 Å². The molecule has 0 aromatic heterocycles. The number of benzene rings is 2. The van der Waals surface area contributed by atoms with Crippen molar-refractivity contribution < 1.29 is 8.42 Å². The van der Waals surface area contributed by atoms with E-state index in [2.05, 4.69) is 0 Å². The average Bonchev–Trinajstić information content (AvgIpc) is 2.46. The summed E-state index contributed by atoms with van der Waals surface area (Å²) in [6.07, 6.45) is 0. The maximum Gasteiger partial charge on any atom is 0.218 e. The van der Waals surface area contributed by atoms with Crippen molar-refractivity contribution in [3.63, 3.8) is 0 Å². The van der Waals surface area contributed by atoms with E-state index >= 15 is 0 Å². The molecule has 0 heterocycles. The molecule has 2 rings (SSSR count). The van der Waals surface area contributed by atoms with Crippen LogP contribution in [0.25, 0.3) is 0 Å². The first kappa shape index (κ1) is 15.5. The minimum Gasteiger partial charge on any atom is -0.399 e. The summed E-state index contributed by atoms with van der Waals surface area (Å²) < 4.78 is 26.4. The Labute approximate surface area is 126 Å². The molecular weight excluding hydrogens is 284 g/mol. The Bertz CT molecular complexity index is 699. The van der Waals surface area contributed by atoms with E-state index in [1.165, 1.54) is 4.31 Å². The summed E-state index contributed by atoms with van der Waals surface area (Å²) in [5, 5.41) is 0. The number of hydrogen-bond acceptors (Lipinski definition) is 3. The highest BCUT2D eigenvalue weighted by atomic mass is 32.2. The molecule has 21 heavy (non-hydrogen) atoms. The SMILES string of the molecule is CC(c1cccc(N)c1)N(C)S(=O)(=O)Cc1ccccc1. The van der Waals surface area contributed by atoms with Crippen molar-refractivity contribution in [2.24, 2.45) is 0 Å². The van der Waals surface area contributed by atoms with Crippen molar-refractivity contribution in [1.82, 2.24) is 4.31 Å². The maximum atomic E-state index is 12.5. The van der Waals surface area contributed by atoms with Crippen molar-refractivity contribution in [1.29, 1.82) is 0 Å². The van der Waals surface area contributed by atoms with Crippen molar-refractivity contribution in [2.75, 3.05) is 12.8 Å². The summed E-state index contributed by atoms with van der Waals surface area (Å²) in [6, 6.07) is 16.2. The molecule has 2 aromatic rings. The van der Waals surface area contributed by atoms with Crippen LogP contribution in [0.2, 0.25) is 0 Å². The maximum absolute atomic E-state index is 12.5. The van der Waals surface area contributed by atoms with Gasteiger partial charge in [-0.05, 0) is 30.2 Å². The Morgan fingerprint density at radius 1 is 1.10 bits per heavy atom. The molecule has 0 aliphatic heterocycles. The fourth-order valence-electron chi connectivity index (χ4n) is 2.16. The zero-order chi connectivity index (χ0) is 15.5. The standard InChI is InChI=1S/C16H20N2O2S/c1-13(15-9-6-10-16(17)11-15)18(2)21(19,20)12-14-7-4-3-5-8-14/h3-11,13H,12,17H2,1-2H3. The summed E-state index contributed by atoms with van der Waals surface area (Å²) in [5.74, 6) is -0.00298. The molecule has 0 fully saturated rings. The Morgan fingerprint density at radius 2 is 1.76 bits per heavy atom. The van der Waals surface area contributed by atoms with Gasteiger partial charge in [-0.3, -0.25) is 0 Å². The molecule has 0 aliphatic carbocycles. The van der Waals surface area contributed by atoms with Gasteiger partial charge in [0.05, 0.1) is 5.75 Å². The number of rotatable bonds is 5. The topological polar surface area (TPSA) is 63.4 Å². The fourth-order valence-corrected chi connectivity index (χ4v) is 3.58. The van der Waals surface area contributed by atoms with Crippen molar-refractivity contribution in [3.8, 4) is 0 Å². The number of anilines is 1. The zero-order valence-corrected chi connectivity index (χ0v) is 13.0. The molecular formula is C16H20N2O2S. The molecule has 2 aromatic carbocycles. The van der Waals surface area contributed by atoms with E-state index in [0.29, 0.717) is 5.69 Å². The van der Waals surface area contributed by atoms with E-state index in [1.807, 2.05) is 49.4 Å². The molecule has 0 spiro atoms. The van der Waals surface area contributed by atoms with Crippen molar-refractivity contribution in [2.45, 2.75) is 18.7 Å². The Hall–Kier alpha value is -1.85. The van der Waals surface area contributed by atoms with Gasteiger partial charge in [-0.25, -0.2) is 8.42 Å². The van der Waals surface area contributed by atoms with Gasteiger partial charge in [0, 0.05) is 18.8 Å². The van der Waals surface area contributed by atoms with E-state index in [-0.39, 0.29) is 11.8 Å². The van der Waals surface area contributed by atoms with Crippen LogP contribution in [0.1, 0.15) is 24.1 Å². The molecule has 0 radical (unpaired) electrons. The van der Waals surface area contributed by atoms with Gasteiger partial charge in [0.15, 0.2) is 0 Å². The first-order valence-electron chi connectivity index (χ1n) is 6.75. The van der Waals surface area contributed by atoms with Gasteiger partial charge >= 0.3 is 0 Å². The second-order valence-corrected chi connectivity index (χ2v) is 7.13. The third-order valence-corrected chi connectivity index (χ3v) is 5.46. The molecule has 0 saturated heterocycles. The summed E-state index contributed by atoms with van der Waals surface area (Å²) >= 11 is 0. The predicted molar refractivity (Wildman–Crippen MR) is 86.1 cm³/mol. The molecule has 0 aliphatic rings. The van der Waals surface area contributed by atoms with Gasteiger partial charge in [-0.15, -0.1) is 0 Å². The highest BCUT2D eigenvalue weighted by Gasteiger charge is 2.24. The molecule has 2 N–H and O–H groups in total. The Balaban J connectivity index is 2.20. The summed E-state index contributed by atoms with van der Waals surface area (Å²) in [6.45, 7) is 1.86. The predicted octanol–water partition coefficient (Wildman–Crippen LogP) is 2.79. The van der Waals surface area contributed by atoms with Crippen molar-refractivity contribution in [3.05, 3.63) is 65.7 Å². The highest BCUT2D eigenvalue weighted by molar-refractivity contribution is 7.88. The van der Waals surface area contributed by atoms with E-state index < -0.39 is 10.0 Å². The monoisotopic (exact) mass is 304 g/mol. The lowest BCUT2D eigenvalue weighted by Crippen LogP contribution is -2.30. The zero-order valence-electron chi connectivity index (χ0n) is 12.2. The summed E-state index contributed by atoms with van der Waals surface area (Å²) in [5.41, 5.74) is 8.06.